The van der Waals surface area contributed by atoms with E-state index in [9.17, 15) is 13.6 Å². The van der Waals surface area contributed by atoms with Gasteiger partial charge >= 0.3 is 0 Å². The van der Waals surface area contributed by atoms with E-state index in [1.54, 1.807) is 0 Å². The third-order valence-electron chi connectivity index (χ3n) is 2.74. The zero-order valence-electron chi connectivity index (χ0n) is 8.62. The molecule has 0 saturated carbocycles. The van der Waals surface area contributed by atoms with E-state index in [0.717, 1.165) is 6.07 Å². The van der Waals surface area contributed by atoms with Crippen LogP contribution in [0.15, 0.2) is 18.2 Å². The Morgan fingerprint density at radius 1 is 1.44 bits per heavy atom. The van der Waals surface area contributed by atoms with Crippen molar-refractivity contribution in [1.82, 2.24) is 10.2 Å². The summed E-state index contributed by atoms with van der Waals surface area (Å²) in [5.41, 5.74) is 0.348. The van der Waals surface area contributed by atoms with Gasteiger partial charge in [0.15, 0.2) is 0 Å². The zero-order chi connectivity index (χ0) is 11.5. The van der Waals surface area contributed by atoms with Crippen molar-refractivity contribution in [2.45, 2.75) is 6.04 Å². The van der Waals surface area contributed by atoms with Gasteiger partial charge in [-0.05, 0) is 6.07 Å². The third-order valence-corrected chi connectivity index (χ3v) is 2.74. The molecule has 0 radical (unpaired) electrons. The molecule has 1 aliphatic heterocycles. The fourth-order valence-electron chi connectivity index (χ4n) is 1.91. The van der Waals surface area contributed by atoms with Crippen molar-refractivity contribution in [1.29, 1.82) is 0 Å². The van der Waals surface area contributed by atoms with Crippen LogP contribution in [0.1, 0.15) is 11.6 Å². The fraction of sp³-hybridized carbons (Fsp3) is 0.364. The number of hydrogen-bond acceptors (Lipinski definition) is 2. The number of carbonyl (C=O) groups is 1. The number of rotatable bonds is 2. The molecule has 3 nitrogen and oxygen atoms in total. The summed E-state index contributed by atoms with van der Waals surface area (Å²) in [4.78, 5) is 12.3. The molecule has 1 saturated heterocycles. The molecule has 1 N–H and O–H groups in total. The lowest BCUT2D eigenvalue weighted by molar-refractivity contribution is -0.121. The second-order valence-corrected chi connectivity index (χ2v) is 3.73. The van der Waals surface area contributed by atoms with E-state index in [2.05, 4.69) is 5.32 Å². The average Bonchev–Trinajstić information content (AvgIpc) is 2.29. The van der Waals surface area contributed by atoms with E-state index >= 15 is 0 Å². The number of nitrogens with zero attached hydrogens (tertiary/aromatic N) is 1. The lowest BCUT2D eigenvalue weighted by Gasteiger charge is -2.33. The predicted molar refractivity (Wildman–Crippen MR) is 54.7 cm³/mol. The molecule has 5 heteroatoms. The largest absolute Gasteiger partial charge is 0.336 e. The van der Waals surface area contributed by atoms with Gasteiger partial charge in [-0.1, -0.05) is 6.07 Å². The first kappa shape index (κ1) is 11.0. The Hall–Kier alpha value is -1.49. The summed E-state index contributed by atoms with van der Waals surface area (Å²) >= 11 is 0. The van der Waals surface area contributed by atoms with Gasteiger partial charge in [0.25, 0.3) is 0 Å². The highest BCUT2D eigenvalue weighted by Crippen LogP contribution is 2.23. The quantitative estimate of drug-likeness (QED) is 0.765. The number of nitrogens with one attached hydrogen (secondary N) is 1. The minimum absolute atomic E-state index is 0.348. The fourth-order valence-corrected chi connectivity index (χ4v) is 1.91. The highest BCUT2D eigenvalue weighted by atomic mass is 19.1. The number of halogens is 2. The maximum atomic E-state index is 13.5. The van der Waals surface area contributed by atoms with Gasteiger partial charge in [-0.25, -0.2) is 8.78 Å². The minimum atomic E-state index is -0.611. The lowest BCUT2D eigenvalue weighted by Crippen LogP contribution is -2.45. The Morgan fingerprint density at radius 3 is 2.94 bits per heavy atom. The molecule has 0 bridgehead atoms. The summed E-state index contributed by atoms with van der Waals surface area (Å²) in [6.07, 6.45) is 0.703. The Balaban J connectivity index is 2.30. The van der Waals surface area contributed by atoms with Crippen molar-refractivity contribution in [3.05, 3.63) is 35.4 Å². The van der Waals surface area contributed by atoms with Crippen molar-refractivity contribution < 1.29 is 13.6 Å². The molecule has 1 atom stereocenters. The average molecular weight is 226 g/mol. The Labute approximate surface area is 92.1 Å². The van der Waals surface area contributed by atoms with Crippen LogP contribution in [0.25, 0.3) is 0 Å². The van der Waals surface area contributed by atoms with E-state index in [1.165, 1.54) is 17.0 Å². The van der Waals surface area contributed by atoms with Crippen LogP contribution in [0, 0.1) is 11.6 Å². The van der Waals surface area contributed by atoms with E-state index in [0.29, 0.717) is 31.6 Å². The van der Waals surface area contributed by atoms with E-state index in [-0.39, 0.29) is 6.04 Å². The summed E-state index contributed by atoms with van der Waals surface area (Å²) in [6.45, 7) is 1.71. The molecule has 1 aliphatic rings. The van der Waals surface area contributed by atoms with Crippen LogP contribution < -0.4 is 5.32 Å². The number of amides is 1. The summed E-state index contributed by atoms with van der Waals surface area (Å²) in [5.74, 6) is -1.22. The highest BCUT2D eigenvalue weighted by molar-refractivity contribution is 5.49. The van der Waals surface area contributed by atoms with Crippen LogP contribution in [0.4, 0.5) is 8.78 Å². The molecular weight excluding hydrogens is 214 g/mol. The molecular formula is C11H12F2N2O. The first-order chi connectivity index (χ1) is 7.72. The molecule has 1 fully saturated rings. The standard InChI is InChI=1S/C11H12F2N2O/c12-8-1-2-9(10(13)5-8)11-6-14-3-4-15(11)7-16/h1-2,5,7,11,14H,3-4,6H2. The van der Waals surface area contributed by atoms with E-state index < -0.39 is 11.6 Å². The van der Waals surface area contributed by atoms with Crippen LogP contribution in [0.2, 0.25) is 0 Å². The monoisotopic (exact) mass is 226 g/mol. The van der Waals surface area contributed by atoms with Crippen molar-refractivity contribution in [2.24, 2.45) is 0 Å². The van der Waals surface area contributed by atoms with E-state index in [1.807, 2.05) is 0 Å². The van der Waals surface area contributed by atoms with Gasteiger partial charge in [-0.3, -0.25) is 4.79 Å². The third kappa shape index (κ3) is 2.04. The molecule has 16 heavy (non-hydrogen) atoms. The topological polar surface area (TPSA) is 32.3 Å². The molecule has 2 rings (SSSR count). The number of benzene rings is 1. The summed E-state index contributed by atoms with van der Waals surface area (Å²) in [6, 6.07) is 3.08. The van der Waals surface area contributed by atoms with E-state index in [4.69, 9.17) is 0 Å². The van der Waals surface area contributed by atoms with Crippen molar-refractivity contribution in [3.8, 4) is 0 Å². The van der Waals surface area contributed by atoms with Gasteiger partial charge in [0.2, 0.25) is 6.41 Å². The van der Waals surface area contributed by atoms with Gasteiger partial charge < -0.3 is 10.2 Å². The van der Waals surface area contributed by atoms with Gasteiger partial charge in [0.05, 0.1) is 6.04 Å². The summed E-state index contributed by atoms with van der Waals surface area (Å²) in [5, 5.41) is 3.08. The Bertz CT molecular complexity index is 398. The van der Waals surface area contributed by atoms with Crippen LogP contribution >= 0.6 is 0 Å². The summed E-state index contributed by atoms with van der Waals surface area (Å²) in [7, 11) is 0. The molecule has 0 spiro atoms. The highest BCUT2D eigenvalue weighted by Gasteiger charge is 2.24. The lowest BCUT2D eigenvalue weighted by atomic mass is 10.0. The molecule has 1 aromatic rings. The zero-order valence-corrected chi connectivity index (χ0v) is 8.62. The molecule has 1 heterocycles. The maximum Gasteiger partial charge on any atom is 0.210 e. The Morgan fingerprint density at radius 2 is 2.25 bits per heavy atom. The predicted octanol–water partition coefficient (Wildman–Crippen LogP) is 1.07. The normalized spacial score (nSPS) is 20.9. The summed E-state index contributed by atoms with van der Waals surface area (Å²) < 4.78 is 26.3. The number of carbonyl (C=O) groups excluding carboxylic acids is 1. The minimum Gasteiger partial charge on any atom is -0.336 e. The van der Waals surface area contributed by atoms with Crippen LogP contribution in [0.5, 0.6) is 0 Å². The maximum absolute atomic E-state index is 13.5. The smallest absolute Gasteiger partial charge is 0.210 e. The molecule has 1 aromatic carbocycles. The first-order valence-corrected chi connectivity index (χ1v) is 5.09. The van der Waals surface area contributed by atoms with Gasteiger partial charge in [-0.2, -0.15) is 0 Å². The van der Waals surface area contributed by atoms with Gasteiger partial charge in [0, 0.05) is 31.3 Å². The van der Waals surface area contributed by atoms with Crippen molar-refractivity contribution >= 4 is 6.41 Å². The molecule has 1 amide bonds. The first-order valence-electron chi connectivity index (χ1n) is 5.09. The molecule has 86 valence electrons. The molecule has 0 aliphatic carbocycles. The number of hydrogen-bond donors (Lipinski definition) is 1. The second kappa shape index (κ2) is 4.57. The number of piperazine rings is 1. The van der Waals surface area contributed by atoms with Gasteiger partial charge in [-0.15, -0.1) is 0 Å². The molecule has 0 aromatic heterocycles. The van der Waals surface area contributed by atoms with Gasteiger partial charge in [0.1, 0.15) is 11.6 Å². The van der Waals surface area contributed by atoms with Crippen LogP contribution in [-0.2, 0) is 4.79 Å². The molecule has 1 unspecified atom stereocenters. The SMILES string of the molecule is O=CN1CCNCC1c1ccc(F)cc1F. The van der Waals surface area contributed by atoms with Crippen LogP contribution in [-0.4, -0.2) is 30.9 Å². The second-order valence-electron chi connectivity index (χ2n) is 3.73. The van der Waals surface area contributed by atoms with Crippen molar-refractivity contribution in [3.63, 3.8) is 0 Å². The Kier molecular flexibility index (Phi) is 3.14. The van der Waals surface area contributed by atoms with Crippen LogP contribution in [0.3, 0.4) is 0 Å². The van der Waals surface area contributed by atoms with Crippen molar-refractivity contribution in [2.75, 3.05) is 19.6 Å².